The monoisotopic (exact) mass is 222 g/mol. The van der Waals surface area contributed by atoms with Crippen molar-refractivity contribution in [3.63, 3.8) is 0 Å². The third kappa shape index (κ3) is 2.68. The third-order valence-corrected chi connectivity index (χ3v) is 1.98. The van der Waals surface area contributed by atoms with Gasteiger partial charge < -0.3 is 5.11 Å². The Bertz CT molecular complexity index is 363. The highest BCUT2D eigenvalue weighted by molar-refractivity contribution is 5.30. The van der Waals surface area contributed by atoms with E-state index >= 15 is 0 Å². The van der Waals surface area contributed by atoms with Gasteiger partial charge in [-0.05, 0) is 31.5 Å². The van der Waals surface area contributed by atoms with E-state index in [1.807, 2.05) is 0 Å². The summed E-state index contributed by atoms with van der Waals surface area (Å²) in [6.45, 7) is 2.67. The Balaban J connectivity index is 3.30. The standard InChI is InChI=1S/C10H10F4O/c1-9(2,15)6-3-4-8(11)7(5-6)10(12,13)14/h3-5,15H,1-2H3. The summed E-state index contributed by atoms with van der Waals surface area (Å²) in [7, 11) is 0. The van der Waals surface area contributed by atoms with Gasteiger partial charge in [-0.3, -0.25) is 0 Å². The predicted octanol–water partition coefficient (Wildman–Crippen LogP) is 3.07. The molecule has 84 valence electrons. The van der Waals surface area contributed by atoms with Crippen LogP contribution in [-0.2, 0) is 11.8 Å². The fourth-order valence-electron chi connectivity index (χ4n) is 1.12. The smallest absolute Gasteiger partial charge is 0.386 e. The van der Waals surface area contributed by atoms with E-state index in [-0.39, 0.29) is 5.56 Å². The second-order valence-corrected chi connectivity index (χ2v) is 3.75. The zero-order valence-corrected chi connectivity index (χ0v) is 8.19. The molecule has 0 radical (unpaired) electrons. The zero-order chi connectivity index (χ0) is 11.9. The number of hydrogen-bond donors (Lipinski definition) is 1. The van der Waals surface area contributed by atoms with E-state index < -0.39 is 23.2 Å². The van der Waals surface area contributed by atoms with Crippen molar-refractivity contribution in [2.75, 3.05) is 0 Å². The van der Waals surface area contributed by atoms with Crippen LogP contribution in [0, 0.1) is 5.82 Å². The van der Waals surface area contributed by atoms with Crippen molar-refractivity contribution in [3.8, 4) is 0 Å². The first-order valence-electron chi connectivity index (χ1n) is 4.22. The minimum atomic E-state index is -4.74. The lowest BCUT2D eigenvalue weighted by atomic mass is 9.96. The van der Waals surface area contributed by atoms with Crippen molar-refractivity contribution >= 4 is 0 Å². The lowest BCUT2D eigenvalue weighted by molar-refractivity contribution is -0.140. The van der Waals surface area contributed by atoms with Crippen molar-refractivity contribution in [3.05, 3.63) is 35.1 Å². The molecule has 0 bridgehead atoms. The summed E-state index contributed by atoms with van der Waals surface area (Å²) in [5.41, 5.74) is -2.76. The molecule has 0 heterocycles. The van der Waals surface area contributed by atoms with Crippen LogP contribution in [0.5, 0.6) is 0 Å². The van der Waals surface area contributed by atoms with Crippen LogP contribution in [0.25, 0.3) is 0 Å². The Hall–Kier alpha value is -1.10. The lowest BCUT2D eigenvalue weighted by Crippen LogP contribution is -2.18. The Morgan fingerprint density at radius 2 is 1.67 bits per heavy atom. The van der Waals surface area contributed by atoms with E-state index in [0.717, 1.165) is 6.07 Å². The fraction of sp³-hybridized carbons (Fsp3) is 0.400. The van der Waals surface area contributed by atoms with Gasteiger partial charge in [0.25, 0.3) is 0 Å². The van der Waals surface area contributed by atoms with Crippen LogP contribution < -0.4 is 0 Å². The summed E-state index contributed by atoms with van der Waals surface area (Å²) >= 11 is 0. The Labute approximate surface area is 84.3 Å². The summed E-state index contributed by atoms with van der Waals surface area (Å²) in [5, 5.41) is 9.48. The fourth-order valence-corrected chi connectivity index (χ4v) is 1.12. The normalized spacial score (nSPS) is 13.0. The van der Waals surface area contributed by atoms with Gasteiger partial charge in [-0.1, -0.05) is 6.07 Å². The number of halogens is 4. The number of aliphatic hydroxyl groups is 1. The number of benzene rings is 1. The molecule has 0 amide bonds. The summed E-state index contributed by atoms with van der Waals surface area (Å²) in [4.78, 5) is 0. The minimum absolute atomic E-state index is 0.0243. The maximum atomic E-state index is 12.9. The molecule has 0 unspecified atom stereocenters. The minimum Gasteiger partial charge on any atom is -0.386 e. The quantitative estimate of drug-likeness (QED) is 0.724. The summed E-state index contributed by atoms with van der Waals surface area (Å²) in [6, 6.07) is 2.45. The highest BCUT2D eigenvalue weighted by Gasteiger charge is 2.35. The van der Waals surface area contributed by atoms with E-state index in [4.69, 9.17) is 0 Å². The highest BCUT2D eigenvalue weighted by atomic mass is 19.4. The van der Waals surface area contributed by atoms with Crippen molar-refractivity contribution in [1.29, 1.82) is 0 Å². The molecule has 1 aromatic carbocycles. The first-order valence-corrected chi connectivity index (χ1v) is 4.22. The predicted molar refractivity (Wildman–Crippen MR) is 46.6 cm³/mol. The van der Waals surface area contributed by atoms with Crippen molar-refractivity contribution < 1.29 is 22.7 Å². The molecule has 0 fully saturated rings. The molecule has 0 aliphatic heterocycles. The number of alkyl halides is 3. The third-order valence-electron chi connectivity index (χ3n) is 1.98. The SMILES string of the molecule is CC(C)(O)c1ccc(F)c(C(F)(F)F)c1. The average molecular weight is 222 g/mol. The van der Waals surface area contributed by atoms with Gasteiger partial charge in [-0.2, -0.15) is 13.2 Å². The van der Waals surface area contributed by atoms with Crippen LogP contribution in [-0.4, -0.2) is 5.11 Å². The maximum Gasteiger partial charge on any atom is 0.419 e. The van der Waals surface area contributed by atoms with Gasteiger partial charge in [0.2, 0.25) is 0 Å². The van der Waals surface area contributed by atoms with Crippen LogP contribution in [0.1, 0.15) is 25.0 Å². The van der Waals surface area contributed by atoms with Gasteiger partial charge in [0.15, 0.2) is 0 Å². The first-order chi connectivity index (χ1) is 6.62. The molecule has 0 aromatic heterocycles. The topological polar surface area (TPSA) is 20.2 Å². The van der Waals surface area contributed by atoms with E-state index in [1.54, 1.807) is 0 Å². The molecule has 1 nitrogen and oxygen atoms in total. The number of hydrogen-bond acceptors (Lipinski definition) is 1. The van der Waals surface area contributed by atoms with Crippen LogP contribution in [0.2, 0.25) is 0 Å². The van der Waals surface area contributed by atoms with Crippen molar-refractivity contribution in [2.45, 2.75) is 25.6 Å². The molecule has 0 saturated heterocycles. The van der Waals surface area contributed by atoms with E-state index in [2.05, 4.69) is 0 Å². The van der Waals surface area contributed by atoms with E-state index in [0.29, 0.717) is 12.1 Å². The molecule has 0 aliphatic rings. The molecule has 0 aliphatic carbocycles. The molecular weight excluding hydrogens is 212 g/mol. The zero-order valence-electron chi connectivity index (χ0n) is 8.19. The highest BCUT2D eigenvalue weighted by Crippen LogP contribution is 2.33. The Kier molecular flexibility index (Phi) is 2.78. The molecule has 1 rings (SSSR count). The summed E-state index contributed by atoms with van der Waals surface area (Å²) < 4.78 is 49.7. The van der Waals surface area contributed by atoms with Gasteiger partial charge in [-0.15, -0.1) is 0 Å². The molecule has 0 spiro atoms. The Morgan fingerprint density at radius 3 is 2.07 bits per heavy atom. The van der Waals surface area contributed by atoms with Gasteiger partial charge in [-0.25, -0.2) is 4.39 Å². The van der Waals surface area contributed by atoms with Crippen LogP contribution >= 0.6 is 0 Å². The molecular formula is C10H10F4O. The van der Waals surface area contributed by atoms with Crippen molar-refractivity contribution in [2.24, 2.45) is 0 Å². The summed E-state index contributed by atoms with van der Waals surface area (Å²) in [5.74, 6) is -1.34. The largest absolute Gasteiger partial charge is 0.419 e. The van der Waals surface area contributed by atoms with Crippen LogP contribution in [0.15, 0.2) is 18.2 Å². The molecule has 0 atom stereocenters. The van der Waals surface area contributed by atoms with E-state index in [1.165, 1.54) is 13.8 Å². The number of rotatable bonds is 1. The lowest BCUT2D eigenvalue weighted by Gasteiger charge is -2.19. The average Bonchev–Trinajstić information content (AvgIpc) is 2.00. The molecule has 15 heavy (non-hydrogen) atoms. The second-order valence-electron chi connectivity index (χ2n) is 3.75. The van der Waals surface area contributed by atoms with Gasteiger partial charge in [0.05, 0.1) is 11.2 Å². The van der Waals surface area contributed by atoms with Gasteiger partial charge in [0.1, 0.15) is 5.82 Å². The van der Waals surface area contributed by atoms with Crippen LogP contribution in [0.4, 0.5) is 17.6 Å². The summed E-state index contributed by atoms with van der Waals surface area (Å²) in [6.07, 6.45) is -4.74. The van der Waals surface area contributed by atoms with Crippen molar-refractivity contribution in [1.82, 2.24) is 0 Å². The Morgan fingerprint density at radius 1 is 1.13 bits per heavy atom. The second kappa shape index (κ2) is 3.48. The van der Waals surface area contributed by atoms with E-state index in [9.17, 15) is 22.7 Å². The maximum absolute atomic E-state index is 12.9. The molecule has 1 aromatic rings. The van der Waals surface area contributed by atoms with Gasteiger partial charge >= 0.3 is 6.18 Å². The first kappa shape index (κ1) is 12.0. The molecule has 5 heteroatoms. The van der Waals surface area contributed by atoms with Crippen LogP contribution in [0.3, 0.4) is 0 Å². The molecule has 0 saturated carbocycles. The van der Waals surface area contributed by atoms with Gasteiger partial charge in [0, 0.05) is 0 Å². The molecule has 1 N–H and O–H groups in total.